The van der Waals surface area contributed by atoms with Gasteiger partial charge in [-0.1, -0.05) is 0 Å². The van der Waals surface area contributed by atoms with Crippen LogP contribution >= 0.6 is 0 Å². The molecular formula is C12H14F3NO2. The first kappa shape index (κ1) is 14.5. The van der Waals surface area contributed by atoms with Gasteiger partial charge < -0.3 is 10.4 Å². The summed E-state index contributed by atoms with van der Waals surface area (Å²) < 4.78 is 36.9. The summed E-state index contributed by atoms with van der Waals surface area (Å²) in [5.74, 6) is -0.522. The molecule has 1 rings (SSSR count). The number of hydrogen-bond donors (Lipinski definition) is 2. The van der Waals surface area contributed by atoms with Gasteiger partial charge in [0.05, 0.1) is 11.2 Å². The van der Waals surface area contributed by atoms with Crippen molar-refractivity contribution in [3.8, 4) is 0 Å². The Kier molecular flexibility index (Phi) is 4.01. The number of hydrogen-bond acceptors (Lipinski definition) is 2. The van der Waals surface area contributed by atoms with Crippen LogP contribution in [0.4, 0.5) is 13.2 Å². The Hall–Kier alpha value is -1.56. The van der Waals surface area contributed by atoms with E-state index in [9.17, 15) is 23.1 Å². The largest absolute Gasteiger partial charge is 0.416 e. The lowest BCUT2D eigenvalue weighted by Gasteiger charge is -2.17. The highest BCUT2D eigenvalue weighted by Gasteiger charge is 2.30. The zero-order chi connectivity index (χ0) is 14.0. The highest BCUT2D eigenvalue weighted by atomic mass is 19.4. The molecule has 1 aromatic rings. The van der Waals surface area contributed by atoms with E-state index in [2.05, 4.69) is 5.32 Å². The molecule has 6 heteroatoms. The molecule has 0 aliphatic rings. The second kappa shape index (κ2) is 4.97. The molecular weight excluding hydrogens is 247 g/mol. The van der Waals surface area contributed by atoms with Crippen LogP contribution in [0.1, 0.15) is 29.8 Å². The van der Waals surface area contributed by atoms with Gasteiger partial charge in [0.15, 0.2) is 0 Å². The van der Waals surface area contributed by atoms with Gasteiger partial charge in [0, 0.05) is 12.1 Å². The van der Waals surface area contributed by atoms with Crippen molar-refractivity contribution >= 4 is 5.91 Å². The van der Waals surface area contributed by atoms with E-state index in [4.69, 9.17) is 0 Å². The number of alkyl halides is 3. The molecule has 0 saturated heterocycles. The van der Waals surface area contributed by atoms with E-state index in [0.717, 1.165) is 24.3 Å². The zero-order valence-corrected chi connectivity index (χ0v) is 10.0. The molecule has 100 valence electrons. The number of carbonyl (C=O) groups excluding carboxylic acids is 1. The molecule has 0 bridgehead atoms. The first-order valence-corrected chi connectivity index (χ1v) is 5.27. The van der Waals surface area contributed by atoms with Gasteiger partial charge in [-0.05, 0) is 38.1 Å². The van der Waals surface area contributed by atoms with Crippen LogP contribution in [-0.2, 0) is 6.18 Å². The predicted octanol–water partition coefficient (Wildman–Crippen LogP) is 2.21. The predicted molar refractivity (Wildman–Crippen MR) is 60.1 cm³/mol. The Bertz CT molecular complexity index is 418. The topological polar surface area (TPSA) is 49.3 Å². The Labute approximate surface area is 103 Å². The van der Waals surface area contributed by atoms with Gasteiger partial charge in [-0.15, -0.1) is 0 Å². The molecule has 0 spiro atoms. The lowest BCUT2D eigenvalue weighted by molar-refractivity contribution is -0.137. The third-order valence-electron chi connectivity index (χ3n) is 2.16. The fraction of sp³-hybridized carbons (Fsp3) is 0.417. The molecule has 3 nitrogen and oxygen atoms in total. The number of rotatable bonds is 3. The first-order chi connectivity index (χ1) is 8.09. The molecule has 0 atom stereocenters. The van der Waals surface area contributed by atoms with Gasteiger partial charge in [-0.25, -0.2) is 0 Å². The minimum absolute atomic E-state index is 0.0207. The van der Waals surface area contributed by atoms with Crippen molar-refractivity contribution in [2.75, 3.05) is 6.54 Å². The second-order valence-electron chi connectivity index (χ2n) is 4.57. The minimum atomic E-state index is -4.41. The van der Waals surface area contributed by atoms with Crippen molar-refractivity contribution in [2.45, 2.75) is 25.6 Å². The zero-order valence-electron chi connectivity index (χ0n) is 10.0. The number of amides is 1. The van der Waals surface area contributed by atoms with Gasteiger partial charge >= 0.3 is 6.18 Å². The van der Waals surface area contributed by atoms with Crippen molar-refractivity contribution < 1.29 is 23.1 Å². The summed E-state index contributed by atoms with van der Waals surface area (Å²) >= 11 is 0. The van der Waals surface area contributed by atoms with Gasteiger partial charge in [-0.3, -0.25) is 4.79 Å². The molecule has 0 unspecified atom stereocenters. The monoisotopic (exact) mass is 261 g/mol. The first-order valence-electron chi connectivity index (χ1n) is 5.27. The number of nitrogens with one attached hydrogen (secondary N) is 1. The van der Waals surface area contributed by atoms with Crippen LogP contribution in [0.15, 0.2) is 24.3 Å². The van der Waals surface area contributed by atoms with E-state index < -0.39 is 23.2 Å². The van der Waals surface area contributed by atoms with Crippen LogP contribution in [0.5, 0.6) is 0 Å². The summed E-state index contributed by atoms with van der Waals surface area (Å²) in [6.45, 7) is 3.05. The number of carbonyl (C=O) groups is 1. The van der Waals surface area contributed by atoms with E-state index in [-0.39, 0.29) is 12.1 Å². The highest BCUT2D eigenvalue weighted by molar-refractivity contribution is 5.94. The Morgan fingerprint density at radius 2 is 1.72 bits per heavy atom. The number of halogens is 3. The molecule has 1 aromatic carbocycles. The quantitative estimate of drug-likeness (QED) is 0.876. The van der Waals surface area contributed by atoms with Crippen molar-refractivity contribution in [1.82, 2.24) is 5.32 Å². The van der Waals surface area contributed by atoms with Gasteiger partial charge in [0.1, 0.15) is 0 Å². The van der Waals surface area contributed by atoms with Crippen molar-refractivity contribution in [3.05, 3.63) is 35.4 Å². The normalized spacial score (nSPS) is 12.3. The van der Waals surface area contributed by atoms with Crippen LogP contribution < -0.4 is 5.32 Å². The summed E-state index contributed by atoms with van der Waals surface area (Å²) in [4.78, 5) is 11.5. The van der Waals surface area contributed by atoms with Crippen LogP contribution in [-0.4, -0.2) is 23.2 Å². The van der Waals surface area contributed by atoms with E-state index in [0.29, 0.717) is 0 Å². The molecule has 0 fully saturated rings. The smallest absolute Gasteiger partial charge is 0.389 e. The molecule has 0 aliphatic heterocycles. The average Bonchev–Trinajstić information content (AvgIpc) is 2.24. The van der Waals surface area contributed by atoms with Crippen molar-refractivity contribution in [2.24, 2.45) is 0 Å². The van der Waals surface area contributed by atoms with Crippen LogP contribution in [0, 0.1) is 0 Å². The van der Waals surface area contributed by atoms with E-state index >= 15 is 0 Å². The molecule has 0 aromatic heterocycles. The SMILES string of the molecule is CC(C)(O)CNC(=O)c1ccc(C(F)(F)F)cc1. The van der Waals surface area contributed by atoms with E-state index in [1.165, 1.54) is 13.8 Å². The van der Waals surface area contributed by atoms with Gasteiger partial charge in [0.25, 0.3) is 5.91 Å². The summed E-state index contributed by atoms with van der Waals surface area (Å²) in [5.41, 5.74) is -1.75. The fourth-order valence-corrected chi connectivity index (χ4v) is 1.21. The lowest BCUT2D eigenvalue weighted by atomic mass is 10.1. The Balaban J connectivity index is 2.71. The van der Waals surface area contributed by atoms with Gasteiger partial charge in [-0.2, -0.15) is 13.2 Å². The number of aliphatic hydroxyl groups is 1. The maximum atomic E-state index is 12.3. The third kappa shape index (κ3) is 4.37. The van der Waals surface area contributed by atoms with E-state index in [1.54, 1.807) is 0 Å². The summed E-state index contributed by atoms with van der Waals surface area (Å²) in [6.07, 6.45) is -4.41. The van der Waals surface area contributed by atoms with Crippen LogP contribution in [0.25, 0.3) is 0 Å². The molecule has 2 N–H and O–H groups in total. The second-order valence-corrected chi connectivity index (χ2v) is 4.57. The van der Waals surface area contributed by atoms with Crippen molar-refractivity contribution in [3.63, 3.8) is 0 Å². The number of benzene rings is 1. The fourth-order valence-electron chi connectivity index (χ4n) is 1.21. The molecule has 0 saturated carbocycles. The van der Waals surface area contributed by atoms with Crippen LogP contribution in [0.3, 0.4) is 0 Å². The molecule has 1 amide bonds. The summed E-state index contributed by atoms with van der Waals surface area (Å²) in [5, 5.41) is 11.8. The summed E-state index contributed by atoms with van der Waals surface area (Å²) in [6, 6.07) is 3.89. The molecule has 18 heavy (non-hydrogen) atoms. The van der Waals surface area contributed by atoms with Crippen LogP contribution in [0.2, 0.25) is 0 Å². The standard InChI is InChI=1S/C12H14F3NO2/c1-11(2,18)7-16-10(17)8-3-5-9(6-4-8)12(13,14)15/h3-6,18H,7H2,1-2H3,(H,16,17). The highest BCUT2D eigenvalue weighted by Crippen LogP contribution is 2.29. The molecule has 0 aliphatic carbocycles. The van der Waals surface area contributed by atoms with Gasteiger partial charge in [0.2, 0.25) is 0 Å². The maximum Gasteiger partial charge on any atom is 0.416 e. The summed E-state index contributed by atoms with van der Waals surface area (Å²) in [7, 11) is 0. The Morgan fingerprint density at radius 1 is 1.22 bits per heavy atom. The van der Waals surface area contributed by atoms with E-state index in [1.807, 2.05) is 0 Å². The molecule has 0 heterocycles. The Morgan fingerprint density at radius 3 is 2.11 bits per heavy atom. The lowest BCUT2D eigenvalue weighted by Crippen LogP contribution is -2.38. The maximum absolute atomic E-state index is 12.3. The van der Waals surface area contributed by atoms with Crippen molar-refractivity contribution in [1.29, 1.82) is 0 Å². The average molecular weight is 261 g/mol. The third-order valence-corrected chi connectivity index (χ3v) is 2.16. The minimum Gasteiger partial charge on any atom is -0.389 e. The molecule has 0 radical (unpaired) electrons.